The van der Waals surface area contributed by atoms with Gasteiger partial charge in [-0.2, -0.15) is 0 Å². The minimum absolute atomic E-state index is 0.0110. The second kappa shape index (κ2) is 5.44. The number of carbonyl (C=O) groups excluding carboxylic acids is 1. The van der Waals surface area contributed by atoms with Gasteiger partial charge in [0.1, 0.15) is 12.2 Å². The molecule has 2 unspecified atom stereocenters. The molecule has 1 aromatic rings. The van der Waals surface area contributed by atoms with Crippen LogP contribution in [0, 0.1) is 0 Å². The Morgan fingerprint density at radius 3 is 2.89 bits per heavy atom. The molecule has 104 valence electrons. The first kappa shape index (κ1) is 13.6. The van der Waals surface area contributed by atoms with Crippen molar-refractivity contribution in [2.24, 2.45) is 0 Å². The molecule has 6 nitrogen and oxygen atoms in total. The monoisotopic (exact) mass is 266 g/mol. The lowest BCUT2D eigenvalue weighted by atomic mass is 10.1. The summed E-state index contributed by atoms with van der Waals surface area (Å²) in [5.74, 6) is -1.14. The highest BCUT2D eigenvalue weighted by molar-refractivity contribution is 5.93. The molecule has 1 amide bonds. The molecule has 0 radical (unpaired) electrons. The number of amides is 1. The van der Waals surface area contributed by atoms with Crippen molar-refractivity contribution < 1.29 is 19.4 Å². The molecule has 1 saturated heterocycles. The SMILES string of the molecule is CC1OCCC1N(C)C(=O)c1cccn1CC(=O)O. The molecule has 1 fully saturated rings. The molecule has 19 heavy (non-hydrogen) atoms. The fourth-order valence-corrected chi connectivity index (χ4v) is 2.45. The van der Waals surface area contributed by atoms with E-state index in [9.17, 15) is 9.59 Å². The van der Waals surface area contributed by atoms with Crippen LogP contribution in [0.4, 0.5) is 0 Å². The predicted octanol–water partition coefficient (Wildman–Crippen LogP) is 0.822. The molecule has 2 heterocycles. The number of carboxylic acids is 1. The Morgan fingerprint density at radius 2 is 2.32 bits per heavy atom. The number of hydrogen-bond donors (Lipinski definition) is 1. The van der Waals surface area contributed by atoms with Gasteiger partial charge >= 0.3 is 5.97 Å². The van der Waals surface area contributed by atoms with E-state index in [1.807, 2.05) is 6.92 Å². The van der Waals surface area contributed by atoms with Crippen LogP contribution >= 0.6 is 0 Å². The molecular weight excluding hydrogens is 248 g/mol. The summed E-state index contributed by atoms with van der Waals surface area (Å²) in [5.41, 5.74) is 0.393. The van der Waals surface area contributed by atoms with Crippen LogP contribution in [-0.2, 0) is 16.1 Å². The zero-order valence-corrected chi connectivity index (χ0v) is 11.1. The summed E-state index contributed by atoms with van der Waals surface area (Å²) in [6.07, 6.45) is 2.42. The van der Waals surface area contributed by atoms with Crippen molar-refractivity contribution in [1.29, 1.82) is 0 Å². The highest BCUT2D eigenvalue weighted by atomic mass is 16.5. The van der Waals surface area contributed by atoms with Crippen molar-refractivity contribution in [2.45, 2.75) is 32.0 Å². The van der Waals surface area contributed by atoms with Crippen LogP contribution in [0.2, 0.25) is 0 Å². The van der Waals surface area contributed by atoms with Gasteiger partial charge in [-0.25, -0.2) is 0 Å². The first-order valence-electron chi connectivity index (χ1n) is 6.26. The van der Waals surface area contributed by atoms with E-state index >= 15 is 0 Å². The van der Waals surface area contributed by atoms with E-state index in [0.29, 0.717) is 12.3 Å². The third kappa shape index (κ3) is 2.78. The molecule has 0 saturated carbocycles. The van der Waals surface area contributed by atoms with Crippen molar-refractivity contribution in [2.75, 3.05) is 13.7 Å². The largest absolute Gasteiger partial charge is 0.480 e. The smallest absolute Gasteiger partial charge is 0.323 e. The van der Waals surface area contributed by atoms with Gasteiger partial charge in [0.2, 0.25) is 0 Å². The summed E-state index contributed by atoms with van der Waals surface area (Å²) in [6.45, 7) is 2.38. The predicted molar refractivity (Wildman–Crippen MR) is 68.0 cm³/mol. The molecule has 1 aliphatic rings. The minimum Gasteiger partial charge on any atom is -0.480 e. The van der Waals surface area contributed by atoms with E-state index in [4.69, 9.17) is 9.84 Å². The standard InChI is InChI=1S/C13H18N2O4/c1-9-10(5-7-19-9)14(2)13(18)11-4-3-6-15(11)8-12(16)17/h3-4,6,9-10H,5,7-8H2,1-2H3,(H,16,17). The van der Waals surface area contributed by atoms with Gasteiger partial charge < -0.3 is 19.3 Å². The number of aromatic nitrogens is 1. The highest BCUT2D eigenvalue weighted by Crippen LogP contribution is 2.20. The molecule has 1 N–H and O–H groups in total. The van der Waals surface area contributed by atoms with Crippen LogP contribution in [0.3, 0.4) is 0 Å². The van der Waals surface area contributed by atoms with E-state index in [0.717, 1.165) is 6.42 Å². The number of ether oxygens (including phenoxy) is 1. The third-order valence-corrected chi connectivity index (χ3v) is 3.51. The molecule has 1 aliphatic heterocycles. The maximum Gasteiger partial charge on any atom is 0.323 e. The van der Waals surface area contributed by atoms with Crippen LogP contribution in [0.25, 0.3) is 0 Å². The summed E-state index contributed by atoms with van der Waals surface area (Å²) in [6, 6.07) is 3.36. The molecule has 2 rings (SSSR count). The lowest BCUT2D eigenvalue weighted by molar-refractivity contribution is -0.137. The number of rotatable bonds is 4. The summed E-state index contributed by atoms with van der Waals surface area (Å²) in [4.78, 5) is 24.8. The lowest BCUT2D eigenvalue weighted by Crippen LogP contribution is -2.41. The van der Waals surface area contributed by atoms with Crippen molar-refractivity contribution in [3.8, 4) is 0 Å². The van der Waals surface area contributed by atoms with Crippen LogP contribution in [-0.4, -0.2) is 52.3 Å². The average molecular weight is 266 g/mol. The van der Waals surface area contributed by atoms with E-state index in [2.05, 4.69) is 0 Å². The van der Waals surface area contributed by atoms with Crippen LogP contribution in [0.5, 0.6) is 0 Å². The summed E-state index contributed by atoms with van der Waals surface area (Å²) >= 11 is 0. The minimum atomic E-state index is -0.967. The number of likely N-dealkylation sites (N-methyl/N-ethyl adjacent to an activating group) is 1. The Balaban J connectivity index is 2.15. The number of hydrogen-bond acceptors (Lipinski definition) is 3. The van der Waals surface area contributed by atoms with Crippen molar-refractivity contribution in [1.82, 2.24) is 9.47 Å². The number of carbonyl (C=O) groups is 2. The van der Waals surface area contributed by atoms with Crippen LogP contribution in [0.1, 0.15) is 23.8 Å². The average Bonchev–Trinajstić information content (AvgIpc) is 2.95. The van der Waals surface area contributed by atoms with Crippen molar-refractivity contribution >= 4 is 11.9 Å². The Kier molecular flexibility index (Phi) is 3.90. The Bertz CT molecular complexity index is 483. The third-order valence-electron chi connectivity index (χ3n) is 3.51. The van der Waals surface area contributed by atoms with E-state index in [1.54, 1.807) is 30.3 Å². The second-order valence-electron chi connectivity index (χ2n) is 4.76. The van der Waals surface area contributed by atoms with Gasteiger partial charge in [-0.3, -0.25) is 9.59 Å². The van der Waals surface area contributed by atoms with Crippen molar-refractivity contribution in [3.63, 3.8) is 0 Å². The van der Waals surface area contributed by atoms with Crippen LogP contribution < -0.4 is 0 Å². The fraction of sp³-hybridized carbons (Fsp3) is 0.538. The highest BCUT2D eigenvalue weighted by Gasteiger charge is 2.31. The van der Waals surface area contributed by atoms with Gasteiger partial charge in [0.25, 0.3) is 5.91 Å². The maximum atomic E-state index is 12.4. The van der Waals surface area contributed by atoms with E-state index in [-0.39, 0.29) is 24.6 Å². The summed E-state index contributed by atoms with van der Waals surface area (Å²) in [7, 11) is 1.73. The molecule has 2 atom stereocenters. The zero-order valence-electron chi connectivity index (χ0n) is 11.1. The zero-order chi connectivity index (χ0) is 14.0. The normalized spacial score (nSPS) is 22.4. The van der Waals surface area contributed by atoms with Gasteiger partial charge in [-0.05, 0) is 25.5 Å². The molecule has 0 aliphatic carbocycles. The first-order chi connectivity index (χ1) is 9.00. The molecule has 6 heteroatoms. The first-order valence-corrected chi connectivity index (χ1v) is 6.26. The van der Waals surface area contributed by atoms with E-state index < -0.39 is 5.97 Å². The second-order valence-corrected chi connectivity index (χ2v) is 4.76. The molecule has 1 aromatic heterocycles. The molecule has 0 spiro atoms. The van der Waals surface area contributed by atoms with E-state index in [1.165, 1.54) is 4.57 Å². The Hall–Kier alpha value is -1.82. The lowest BCUT2D eigenvalue weighted by Gasteiger charge is -2.27. The maximum absolute atomic E-state index is 12.4. The quantitative estimate of drug-likeness (QED) is 0.876. The summed E-state index contributed by atoms with van der Waals surface area (Å²) < 4.78 is 6.90. The molecular formula is C13H18N2O4. The Morgan fingerprint density at radius 1 is 1.58 bits per heavy atom. The number of carboxylic acid groups (broad SMARTS) is 1. The van der Waals surface area contributed by atoms with Gasteiger partial charge in [-0.15, -0.1) is 0 Å². The van der Waals surface area contributed by atoms with Crippen LogP contribution in [0.15, 0.2) is 18.3 Å². The van der Waals surface area contributed by atoms with Gasteiger partial charge in [-0.1, -0.05) is 0 Å². The molecule has 0 aromatic carbocycles. The van der Waals surface area contributed by atoms with Crippen molar-refractivity contribution in [3.05, 3.63) is 24.0 Å². The topological polar surface area (TPSA) is 71.8 Å². The number of nitrogens with zero attached hydrogens (tertiary/aromatic N) is 2. The fourth-order valence-electron chi connectivity index (χ4n) is 2.45. The van der Waals surface area contributed by atoms with Gasteiger partial charge in [0.15, 0.2) is 0 Å². The Labute approximate surface area is 111 Å². The number of aliphatic carboxylic acids is 1. The van der Waals surface area contributed by atoms with Gasteiger partial charge in [0.05, 0.1) is 12.1 Å². The summed E-state index contributed by atoms with van der Waals surface area (Å²) in [5, 5.41) is 8.82. The molecule has 0 bridgehead atoms. The van der Waals surface area contributed by atoms with Gasteiger partial charge in [0, 0.05) is 19.9 Å².